The normalized spacial score (nSPS) is 11.3. The molecule has 0 saturated heterocycles. The molecule has 3 aromatic carbocycles. The third-order valence-electron chi connectivity index (χ3n) is 4.06. The first-order valence-corrected chi connectivity index (χ1v) is 9.58. The van der Waals surface area contributed by atoms with Crippen molar-refractivity contribution in [3.8, 4) is 0 Å². The van der Waals surface area contributed by atoms with Gasteiger partial charge in [0.1, 0.15) is 5.69 Å². The maximum absolute atomic E-state index is 11.5. The van der Waals surface area contributed by atoms with Gasteiger partial charge in [0, 0.05) is 6.07 Å². The van der Waals surface area contributed by atoms with Crippen LogP contribution >= 0.6 is 0 Å². The first-order valence-electron chi connectivity index (χ1n) is 8.04. The van der Waals surface area contributed by atoms with Crippen molar-refractivity contribution < 1.29 is 13.3 Å². The Morgan fingerprint density at radius 2 is 1.41 bits per heavy atom. The van der Waals surface area contributed by atoms with Gasteiger partial charge in [0.2, 0.25) is 10.0 Å². The molecular formula is C19H17N3O4S. The molecule has 0 aliphatic carbocycles. The first kappa shape index (κ1) is 18.6. The van der Waals surface area contributed by atoms with Crippen LogP contribution in [-0.2, 0) is 10.0 Å². The summed E-state index contributed by atoms with van der Waals surface area (Å²) in [6, 6.07) is 22.2. The average Bonchev–Trinajstić information content (AvgIpc) is 2.66. The van der Waals surface area contributed by atoms with E-state index in [2.05, 4.69) is 5.32 Å². The highest BCUT2D eigenvalue weighted by Gasteiger charge is 2.22. The molecule has 7 nitrogen and oxygen atoms in total. The molecule has 0 atom stereocenters. The predicted molar refractivity (Wildman–Crippen MR) is 103 cm³/mol. The van der Waals surface area contributed by atoms with Gasteiger partial charge in [0.15, 0.2) is 0 Å². The molecular weight excluding hydrogens is 366 g/mol. The standard InChI is InChI=1S/C19H17N3O4S/c20-27(25,26)16-11-12-17(18(13-16)22(23)24)21-19(14-7-3-1-4-8-14)15-9-5-2-6-10-15/h1-13,19,21H,(H2,20,25,26). The van der Waals surface area contributed by atoms with Gasteiger partial charge in [-0.05, 0) is 23.3 Å². The Morgan fingerprint density at radius 1 is 0.889 bits per heavy atom. The lowest BCUT2D eigenvalue weighted by molar-refractivity contribution is -0.384. The Bertz CT molecular complexity index is 1020. The lowest BCUT2D eigenvalue weighted by Crippen LogP contribution is -2.15. The molecule has 0 spiro atoms. The third-order valence-corrected chi connectivity index (χ3v) is 4.97. The largest absolute Gasteiger partial charge is 0.369 e. The Labute approximate surface area is 156 Å². The van der Waals surface area contributed by atoms with Crippen LogP contribution in [0, 0.1) is 10.1 Å². The second-order valence-electron chi connectivity index (χ2n) is 5.88. The Kier molecular flexibility index (Phi) is 5.20. The molecule has 3 N–H and O–H groups in total. The summed E-state index contributed by atoms with van der Waals surface area (Å²) in [4.78, 5) is 10.5. The second kappa shape index (κ2) is 7.56. The van der Waals surface area contributed by atoms with Gasteiger partial charge in [-0.3, -0.25) is 10.1 Å². The lowest BCUT2D eigenvalue weighted by Gasteiger charge is -2.21. The molecule has 0 unspecified atom stereocenters. The lowest BCUT2D eigenvalue weighted by atomic mass is 9.98. The highest BCUT2D eigenvalue weighted by molar-refractivity contribution is 7.89. The van der Waals surface area contributed by atoms with Crippen LogP contribution in [0.15, 0.2) is 83.8 Å². The van der Waals surface area contributed by atoms with E-state index < -0.39 is 14.9 Å². The molecule has 8 heteroatoms. The Morgan fingerprint density at radius 3 is 1.85 bits per heavy atom. The van der Waals surface area contributed by atoms with Crippen LogP contribution in [0.1, 0.15) is 17.2 Å². The first-order chi connectivity index (χ1) is 12.9. The maximum Gasteiger partial charge on any atom is 0.293 e. The zero-order valence-electron chi connectivity index (χ0n) is 14.1. The summed E-state index contributed by atoms with van der Waals surface area (Å²) < 4.78 is 23.0. The van der Waals surface area contributed by atoms with Crippen LogP contribution in [0.4, 0.5) is 11.4 Å². The van der Waals surface area contributed by atoms with Crippen molar-refractivity contribution in [2.45, 2.75) is 10.9 Å². The van der Waals surface area contributed by atoms with Crippen LogP contribution in [-0.4, -0.2) is 13.3 Å². The number of rotatable bonds is 6. The summed E-state index contributed by atoms with van der Waals surface area (Å²) in [6.07, 6.45) is 0. The van der Waals surface area contributed by atoms with Gasteiger partial charge < -0.3 is 5.32 Å². The Hall–Kier alpha value is -3.23. The van der Waals surface area contributed by atoms with Crippen LogP contribution in [0.2, 0.25) is 0 Å². The molecule has 0 radical (unpaired) electrons. The van der Waals surface area contributed by atoms with E-state index in [4.69, 9.17) is 5.14 Å². The number of primary sulfonamides is 1. The molecule has 0 bridgehead atoms. The van der Waals surface area contributed by atoms with Gasteiger partial charge in [-0.2, -0.15) is 0 Å². The van der Waals surface area contributed by atoms with Crippen molar-refractivity contribution in [2.24, 2.45) is 5.14 Å². The molecule has 0 saturated carbocycles. The summed E-state index contributed by atoms with van der Waals surface area (Å²) in [7, 11) is -4.04. The molecule has 0 aromatic heterocycles. The number of nitro benzene ring substituents is 1. The highest BCUT2D eigenvalue weighted by Crippen LogP contribution is 2.33. The highest BCUT2D eigenvalue weighted by atomic mass is 32.2. The maximum atomic E-state index is 11.5. The number of sulfonamides is 1. The molecule has 0 fully saturated rings. The van der Waals surface area contributed by atoms with E-state index in [1.807, 2.05) is 60.7 Å². The number of anilines is 1. The minimum absolute atomic E-state index is 0.199. The van der Waals surface area contributed by atoms with Crippen LogP contribution < -0.4 is 10.5 Å². The van der Waals surface area contributed by atoms with Crippen molar-refractivity contribution in [2.75, 3.05) is 5.32 Å². The minimum Gasteiger partial charge on any atom is -0.369 e. The fraction of sp³-hybridized carbons (Fsp3) is 0.0526. The molecule has 0 heterocycles. The fourth-order valence-corrected chi connectivity index (χ4v) is 3.30. The fourth-order valence-electron chi connectivity index (χ4n) is 2.77. The molecule has 0 aliphatic rings. The van der Waals surface area contributed by atoms with E-state index in [0.717, 1.165) is 17.2 Å². The van der Waals surface area contributed by atoms with Gasteiger partial charge in [-0.15, -0.1) is 0 Å². The van der Waals surface area contributed by atoms with Crippen molar-refractivity contribution in [3.63, 3.8) is 0 Å². The van der Waals surface area contributed by atoms with Crippen LogP contribution in [0.3, 0.4) is 0 Å². The monoisotopic (exact) mass is 383 g/mol. The molecule has 0 aliphatic heterocycles. The van der Waals surface area contributed by atoms with E-state index in [1.165, 1.54) is 12.1 Å². The molecule has 3 aromatic rings. The number of hydrogen-bond acceptors (Lipinski definition) is 5. The summed E-state index contributed by atoms with van der Waals surface area (Å²) >= 11 is 0. The summed E-state index contributed by atoms with van der Waals surface area (Å²) in [5.74, 6) is 0. The predicted octanol–water partition coefficient (Wildman–Crippen LogP) is 3.44. The average molecular weight is 383 g/mol. The quantitative estimate of drug-likeness (QED) is 0.500. The molecule has 3 rings (SSSR count). The van der Waals surface area contributed by atoms with E-state index in [1.54, 1.807) is 0 Å². The van der Waals surface area contributed by atoms with Crippen LogP contribution in [0.5, 0.6) is 0 Å². The van der Waals surface area contributed by atoms with Gasteiger partial charge in [0.25, 0.3) is 5.69 Å². The third kappa shape index (κ3) is 4.30. The number of nitrogens with two attached hydrogens (primary N) is 1. The number of nitrogens with zero attached hydrogens (tertiary/aromatic N) is 1. The van der Waals surface area contributed by atoms with Crippen molar-refractivity contribution in [1.29, 1.82) is 0 Å². The van der Waals surface area contributed by atoms with Crippen LogP contribution in [0.25, 0.3) is 0 Å². The van der Waals surface area contributed by atoms with Gasteiger partial charge in [-0.1, -0.05) is 60.7 Å². The second-order valence-corrected chi connectivity index (χ2v) is 7.44. The minimum atomic E-state index is -4.04. The summed E-state index contributed by atoms with van der Waals surface area (Å²) in [5, 5.41) is 19.7. The van der Waals surface area contributed by atoms with Crippen molar-refractivity contribution >= 4 is 21.4 Å². The van der Waals surface area contributed by atoms with E-state index in [0.29, 0.717) is 0 Å². The van der Waals surface area contributed by atoms with Crippen molar-refractivity contribution in [1.82, 2.24) is 0 Å². The zero-order valence-corrected chi connectivity index (χ0v) is 15.0. The molecule has 138 valence electrons. The zero-order chi connectivity index (χ0) is 19.4. The van der Waals surface area contributed by atoms with E-state index >= 15 is 0 Å². The van der Waals surface area contributed by atoms with E-state index in [9.17, 15) is 18.5 Å². The smallest absolute Gasteiger partial charge is 0.293 e. The van der Waals surface area contributed by atoms with Gasteiger partial charge in [0.05, 0.1) is 15.9 Å². The number of nitro groups is 1. The van der Waals surface area contributed by atoms with Gasteiger partial charge >= 0.3 is 0 Å². The Balaban J connectivity index is 2.08. The topological polar surface area (TPSA) is 115 Å². The van der Waals surface area contributed by atoms with Gasteiger partial charge in [-0.25, -0.2) is 13.6 Å². The van der Waals surface area contributed by atoms with E-state index in [-0.39, 0.29) is 22.3 Å². The SMILES string of the molecule is NS(=O)(=O)c1ccc(NC(c2ccccc2)c2ccccc2)c([N+](=O)[O-])c1. The summed E-state index contributed by atoms with van der Waals surface area (Å²) in [6.45, 7) is 0. The number of benzene rings is 3. The number of hydrogen-bond donors (Lipinski definition) is 2. The molecule has 27 heavy (non-hydrogen) atoms. The van der Waals surface area contributed by atoms with Crippen molar-refractivity contribution in [3.05, 3.63) is 100 Å². The number of nitrogens with one attached hydrogen (secondary N) is 1. The summed E-state index contributed by atoms with van der Waals surface area (Å²) in [5.41, 5.74) is 1.66. The molecule has 0 amide bonds.